The van der Waals surface area contributed by atoms with Crippen LogP contribution in [0.3, 0.4) is 0 Å². The van der Waals surface area contributed by atoms with Crippen molar-refractivity contribution in [3.8, 4) is 17.4 Å². The van der Waals surface area contributed by atoms with Crippen LogP contribution in [0.4, 0.5) is 0 Å². The molecule has 0 bridgehead atoms. The minimum atomic E-state index is 0.524. The van der Waals surface area contributed by atoms with Gasteiger partial charge in [0, 0.05) is 36.2 Å². The number of nitrogens with zero attached hydrogens (tertiary/aromatic N) is 4. The molecule has 1 aliphatic heterocycles. The Kier molecular flexibility index (Phi) is 5.15. The second-order valence-corrected chi connectivity index (χ2v) is 7.90. The lowest BCUT2D eigenvalue weighted by Crippen LogP contribution is -2.34. The average Bonchev–Trinajstić information content (AvgIpc) is 2.78. The zero-order valence-corrected chi connectivity index (χ0v) is 17.0. The molecule has 3 heterocycles. The fourth-order valence-electron chi connectivity index (χ4n) is 4.03. The smallest absolute Gasteiger partial charge is 0.230 e. The van der Waals surface area contributed by atoms with Gasteiger partial charge in [0.05, 0.1) is 23.0 Å². The van der Waals surface area contributed by atoms with E-state index < -0.39 is 0 Å². The van der Waals surface area contributed by atoms with Crippen LogP contribution in [0.15, 0.2) is 61.1 Å². The van der Waals surface area contributed by atoms with E-state index in [9.17, 15) is 0 Å². The molecule has 0 spiro atoms. The van der Waals surface area contributed by atoms with Crippen molar-refractivity contribution in [1.82, 2.24) is 19.9 Å². The van der Waals surface area contributed by atoms with Crippen LogP contribution in [0.2, 0.25) is 0 Å². The van der Waals surface area contributed by atoms with Gasteiger partial charge < -0.3 is 14.4 Å². The number of benzene rings is 2. The van der Waals surface area contributed by atoms with E-state index in [-0.39, 0.29) is 0 Å². The summed E-state index contributed by atoms with van der Waals surface area (Å²) in [7, 11) is 2.17. The third-order valence-corrected chi connectivity index (χ3v) is 5.57. The van der Waals surface area contributed by atoms with E-state index in [4.69, 9.17) is 9.47 Å². The fraction of sp³-hybridized carbons (Fsp3) is 0.292. The molecule has 2 aromatic heterocycles. The number of pyridine rings is 1. The predicted molar refractivity (Wildman–Crippen MR) is 117 cm³/mol. The summed E-state index contributed by atoms with van der Waals surface area (Å²) in [5.41, 5.74) is 1.69. The molecule has 6 heteroatoms. The summed E-state index contributed by atoms with van der Waals surface area (Å²) in [6, 6.07) is 15.7. The molecule has 0 N–H and O–H groups in total. The number of fused-ring (bicyclic) bond motifs is 2. The van der Waals surface area contributed by atoms with Crippen molar-refractivity contribution in [2.24, 2.45) is 5.92 Å². The van der Waals surface area contributed by atoms with Gasteiger partial charge >= 0.3 is 0 Å². The highest BCUT2D eigenvalue weighted by Crippen LogP contribution is 2.30. The summed E-state index contributed by atoms with van der Waals surface area (Å²) in [6.07, 6.45) is 5.76. The van der Waals surface area contributed by atoms with Crippen LogP contribution in [0.5, 0.6) is 17.4 Å². The van der Waals surface area contributed by atoms with Gasteiger partial charge in [-0.3, -0.25) is 4.98 Å². The third-order valence-electron chi connectivity index (χ3n) is 5.57. The summed E-state index contributed by atoms with van der Waals surface area (Å²) in [4.78, 5) is 15.5. The lowest BCUT2D eigenvalue weighted by molar-refractivity contribution is 0.150. The second-order valence-electron chi connectivity index (χ2n) is 7.90. The lowest BCUT2D eigenvalue weighted by atomic mass is 10.00. The highest BCUT2D eigenvalue weighted by Gasteiger charge is 2.18. The van der Waals surface area contributed by atoms with Crippen molar-refractivity contribution in [2.75, 3.05) is 26.7 Å². The van der Waals surface area contributed by atoms with Crippen LogP contribution in [-0.4, -0.2) is 46.6 Å². The predicted octanol–water partition coefficient (Wildman–Crippen LogP) is 4.69. The second kappa shape index (κ2) is 8.24. The summed E-state index contributed by atoms with van der Waals surface area (Å²) in [5.74, 6) is 2.62. The standard InChI is InChI=1S/C24H24N4O2/c1-28-11-3-4-17(14-28)15-29-19-8-9-21-23(12-19)26-16-27-24(21)30-20-7-6-18-5-2-10-25-22(18)13-20/h2,5-10,12-13,16-17H,3-4,11,14-15H2,1H3. The van der Waals surface area contributed by atoms with E-state index in [1.54, 1.807) is 6.20 Å². The number of likely N-dealkylation sites (tertiary alicyclic amines) is 1. The summed E-state index contributed by atoms with van der Waals surface area (Å²) >= 11 is 0. The molecule has 5 rings (SSSR count). The Morgan fingerprint density at radius 2 is 1.90 bits per heavy atom. The first-order chi connectivity index (χ1) is 14.7. The van der Waals surface area contributed by atoms with Gasteiger partial charge in [-0.25, -0.2) is 9.97 Å². The molecular formula is C24H24N4O2. The van der Waals surface area contributed by atoms with Gasteiger partial charge in [0.1, 0.15) is 17.8 Å². The van der Waals surface area contributed by atoms with Gasteiger partial charge in [0.2, 0.25) is 5.88 Å². The lowest BCUT2D eigenvalue weighted by Gasteiger charge is -2.29. The first-order valence-electron chi connectivity index (χ1n) is 10.3. The Balaban J connectivity index is 1.34. The van der Waals surface area contributed by atoms with Crippen LogP contribution < -0.4 is 9.47 Å². The molecular weight excluding hydrogens is 376 g/mol. The van der Waals surface area contributed by atoms with Crippen molar-refractivity contribution in [3.05, 3.63) is 61.1 Å². The molecule has 1 fully saturated rings. The fourth-order valence-corrected chi connectivity index (χ4v) is 4.03. The number of aromatic nitrogens is 3. The summed E-state index contributed by atoms with van der Waals surface area (Å²) in [6.45, 7) is 3.00. The quantitative estimate of drug-likeness (QED) is 0.484. The molecule has 1 unspecified atom stereocenters. The van der Waals surface area contributed by atoms with Crippen molar-refractivity contribution in [1.29, 1.82) is 0 Å². The molecule has 4 aromatic rings. The first-order valence-corrected chi connectivity index (χ1v) is 10.3. The SMILES string of the molecule is CN1CCCC(COc2ccc3c(Oc4ccc5cccnc5c4)ncnc3c2)C1. The van der Waals surface area contributed by atoms with Crippen molar-refractivity contribution < 1.29 is 9.47 Å². The van der Waals surface area contributed by atoms with Crippen LogP contribution in [0.1, 0.15) is 12.8 Å². The number of hydrogen-bond acceptors (Lipinski definition) is 6. The monoisotopic (exact) mass is 400 g/mol. The highest BCUT2D eigenvalue weighted by molar-refractivity contribution is 5.85. The topological polar surface area (TPSA) is 60.4 Å². The molecule has 1 atom stereocenters. The van der Waals surface area contributed by atoms with Crippen LogP contribution in [0, 0.1) is 5.92 Å². The molecule has 0 radical (unpaired) electrons. The first kappa shape index (κ1) is 18.8. The molecule has 1 saturated heterocycles. The highest BCUT2D eigenvalue weighted by atomic mass is 16.5. The van der Waals surface area contributed by atoms with E-state index in [1.165, 1.54) is 25.7 Å². The number of hydrogen-bond donors (Lipinski definition) is 0. The maximum atomic E-state index is 6.07. The largest absolute Gasteiger partial charge is 0.493 e. The zero-order chi connectivity index (χ0) is 20.3. The van der Waals surface area contributed by atoms with Gasteiger partial charge in [0.15, 0.2) is 0 Å². The van der Waals surface area contributed by atoms with Crippen molar-refractivity contribution in [2.45, 2.75) is 12.8 Å². The Hall–Kier alpha value is -3.25. The van der Waals surface area contributed by atoms with E-state index in [1.807, 2.05) is 48.5 Å². The van der Waals surface area contributed by atoms with E-state index in [2.05, 4.69) is 26.9 Å². The Morgan fingerprint density at radius 1 is 1.00 bits per heavy atom. The number of ether oxygens (including phenoxy) is 2. The van der Waals surface area contributed by atoms with Gasteiger partial charge in [0.25, 0.3) is 0 Å². The van der Waals surface area contributed by atoms with Crippen LogP contribution in [0.25, 0.3) is 21.8 Å². The molecule has 0 aliphatic carbocycles. The minimum Gasteiger partial charge on any atom is -0.493 e. The van der Waals surface area contributed by atoms with E-state index in [0.29, 0.717) is 17.5 Å². The van der Waals surface area contributed by atoms with Gasteiger partial charge in [-0.2, -0.15) is 0 Å². The Bertz CT molecular complexity index is 1180. The average molecular weight is 400 g/mol. The molecule has 30 heavy (non-hydrogen) atoms. The third kappa shape index (κ3) is 4.04. The van der Waals surface area contributed by atoms with E-state index >= 15 is 0 Å². The maximum Gasteiger partial charge on any atom is 0.230 e. The number of piperidine rings is 1. The number of rotatable bonds is 5. The van der Waals surface area contributed by atoms with E-state index in [0.717, 1.165) is 40.7 Å². The molecule has 0 saturated carbocycles. The van der Waals surface area contributed by atoms with Crippen LogP contribution >= 0.6 is 0 Å². The van der Waals surface area contributed by atoms with Gasteiger partial charge in [-0.1, -0.05) is 6.07 Å². The van der Waals surface area contributed by atoms with Crippen LogP contribution in [-0.2, 0) is 0 Å². The van der Waals surface area contributed by atoms with Gasteiger partial charge in [-0.15, -0.1) is 0 Å². The maximum absolute atomic E-state index is 6.07. The molecule has 6 nitrogen and oxygen atoms in total. The molecule has 152 valence electrons. The minimum absolute atomic E-state index is 0.524. The normalized spacial score (nSPS) is 17.3. The van der Waals surface area contributed by atoms with Crippen molar-refractivity contribution >= 4 is 21.8 Å². The van der Waals surface area contributed by atoms with Crippen molar-refractivity contribution in [3.63, 3.8) is 0 Å². The summed E-state index contributed by atoms with van der Waals surface area (Å²) < 4.78 is 12.1. The zero-order valence-electron chi connectivity index (χ0n) is 17.0. The summed E-state index contributed by atoms with van der Waals surface area (Å²) in [5, 5.41) is 1.92. The van der Waals surface area contributed by atoms with Gasteiger partial charge in [-0.05, 0) is 56.8 Å². The Morgan fingerprint density at radius 3 is 2.83 bits per heavy atom. The molecule has 1 aliphatic rings. The molecule has 0 amide bonds. The molecule has 2 aromatic carbocycles. The Labute approximate surface area is 175 Å².